The molecular formula is C12H16N4. The molecule has 0 spiro atoms. The molecule has 0 aliphatic carbocycles. The van der Waals surface area contributed by atoms with Gasteiger partial charge in [-0.15, -0.1) is 0 Å². The van der Waals surface area contributed by atoms with E-state index in [1.807, 2.05) is 24.4 Å². The number of nitrogens with one attached hydrogen (secondary N) is 3. The van der Waals surface area contributed by atoms with E-state index in [0.717, 1.165) is 31.0 Å². The molecule has 84 valence electrons. The number of anilines is 1. The summed E-state index contributed by atoms with van der Waals surface area (Å²) >= 11 is 0. The molecule has 1 heterocycles. The number of hydrogen-bond donors (Lipinski definition) is 3. The highest BCUT2D eigenvalue weighted by atomic mass is 15.0. The summed E-state index contributed by atoms with van der Waals surface area (Å²) in [4.78, 5) is 7.01. The third-order valence-corrected chi connectivity index (χ3v) is 2.27. The van der Waals surface area contributed by atoms with Gasteiger partial charge in [-0.3, -0.25) is 0 Å². The van der Waals surface area contributed by atoms with Crippen molar-refractivity contribution in [3.05, 3.63) is 48.5 Å². The fourth-order valence-electron chi connectivity index (χ4n) is 1.46. The number of aromatic amines is 1. The number of benzene rings is 1. The smallest absolute Gasteiger partial charge is 0.0922 e. The zero-order valence-electron chi connectivity index (χ0n) is 9.11. The summed E-state index contributed by atoms with van der Waals surface area (Å²) in [6.07, 6.45) is 3.52. The van der Waals surface area contributed by atoms with Gasteiger partial charge in [0.1, 0.15) is 0 Å². The van der Waals surface area contributed by atoms with Gasteiger partial charge in [0.25, 0.3) is 0 Å². The lowest BCUT2D eigenvalue weighted by Crippen LogP contribution is -2.21. The lowest BCUT2D eigenvalue weighted by atomic mass is 10.3. The minimum atomic E-state index is 0.830. The number of para-hydroxylation sites is 1. The van der Waals surface area contributed by atoms with Crippen molar-refractivity contribution in [1.29, 1.82) is 0 Å². The molecule has 2 rings (SSSR count). The largest absolute Gasteiger partial charge is 0.384 e. The van der Waals surface area contributed by atoms with Gasteiger partial charge in [0.2, 0.25) is 0 Å². The summed E-state index contributed by atoms with van der Waals surface area (Å²) in [7, 11) is 0. The maximum Gasteiger partial charge on any atom is 0.0922 e. The molecule has 2 aromatic rings. The predicted octanol–water partition coefficient (Wildman–Crippen LogP) is 1.61. The molecule has 0 unspecified atom stereocenters. The first-order chi connectivity index (χ1) is 7.95. The maximum absolute atomic E-state index is 3.96. The van der Waals surface area contributed by atoms with Crippen molar-refractivity contribution in [3.63, 3.8) is 0 Å². The first kappa shape index (κ1) is 10.7. The normalized spacial score (nSPS) is 10.2. The van der Waals surface area contributed by atoms with Crippen LogP contribution in [0, 0.1) is 0 Å². The quantitative estimate of drug-likeness (QED) is 0.643. The SMILES string of the molecule is c1ccc(NCCNCc2cnc[nH]2)cc1. The summed E-state index contributed by atoms with van der Waals surface area (Å²) < 4.78 is 0. The van der Waals surface area contributed by atoms with Crippen LogP contribution in [0.15, 0.2) is 42.9 Å². The van der Waals surface area contributed by atoms with E-state index in [2.05, 4.69) is 32.7 Å². The second kappa shape index (κ2) is 5.92. The summed E-state index contributed by atoms with van der Waals surface area (Å²) in [6.45, 7) is 2.67. The Balaban J connectivity index is 1.59. The molecule has 0 saturated carbocycles. The number of aromatic nitrogens is 2. The van der Waals surface area contributed by atoms with E-state index in [1.165, 1.54) is 0 Å². The molecule has 4 heteroatoms. The molecule has 0 atom stereocenters. The lowest BCUT2D eigenvalue weighted by Gasteiger charge is -2.06. The predicted molar refractivity (Wildman–Crippen MR) is 65.2 cm³/mol. The second-order valence-corrected chi connectivity index (χ2v) is 3.55. The fourth-order valence-corrected chi connectivity index (χ4v) is 1.46. The minimum Gasteiger partial charge on any atom is -0.384 e. The van der Waals surface area contributed by atoms with Crippen molar-refractivity contribution in [2.75, 3.05) is 18.4 Å². The molecule has 0 radical (unpaired) electrons. The molecule has 0 bridgehead atoms. The van der Waals surface area contributed by atoms with E-state index in [9.17, 15) is 0 Å². The van der Waals surface area contributed by atoms with Gasteiger partial charge >= 0.3 is 0 Å². The van der Waals surface area contributed by atoms with E-state index >= 15 is 0 Å². The summed E-state index contributed by atoms with van der Waals surface area (Å²) in [6, 6.07) is 10.2. The van der Waals surface area contributed by atoms with Gasteiger partial charge in [-0.1, -0.05) is 18.2 Å². The van der Waals surface area contributed by atoms with Gasteiger partial charge in [0, 0.05) is 37.2 Å². The summed E-state index contributed by atoms with van der Waals surface area (Å²) in [5.74, 6) is 0. The zero-order chi connectivity index (χ0) is 11.1. The molecule has 1 aromatic carbocycles. The number of hydrogen-bond acceptors (Lipinski definition) is 3. The Hall–Kier alpha value is -1.81. The Bertz CT molecular complexity index is 383. The standard InChI is InChI=1S/C12H16N4/c1-2-4-11(5-3-1)15-7-6-13-8-12-9-14-10-16-12/h1-5,9-10,13,15H,6-8H2,(H,14,16). The molecule has 16 heavy (non-hydrogen) atoms. The first-order valence-electron chi connectivity index (χ1n) is 5.42. The topological polar surface area (TPSA) is 52.7 Å². The zero-order valence-corrected chi connectivity index (χ0v) is 9.11. The summed E-state index contributed by atoms with van der Waals surface area (Å²) in [5.41, 5.74) is 2.27. The monoisotopic (exact) mass is 216 g/mol. The van der Waals surface area contributed by atoms with Gasteiger partial charge < -0.3 is 15.6 Å². The molecule has 0 aliphatic heterocycles. The Morgan fingerprint density at radius 1 is 1.12 bits per heavy atom. The van der Waals surface area contributed by atoms with Gasteiger partial charge in [-0.25, -0.2) is 4.98 Å². The number of rotatable bonds is 6. The van der Waals surface area contributed by atoms with Crippen molar-refractivity contribution >= 4 is 5.69 Å². The molecule has 0 fully saturated rings. The van der Waals surface area contributed by atoms with Crippen LogP contribution in [0.25, 0.3) is 0 Å². The lowest BCUT2D eigenvalue weighted by molar-refractivity contribution is 0.696. The summed E-state index contributed by atoms with van der Waals surface area (Å²) in [5, 5.41) is 6.66. The number of nitrogens with zero attached hydrogens (tertiary/aromatic N) is 1. The van der Waals surface area contributed by atoms with Crippen LogP contribution in [0.3, 0.4) is 0 Å². The third-order valence-electron chi connectivity index (χ3n) is 2.27. The van der Waals surface area contributed by atoms with Gasteiger partial charge in [0.05, 0.1) is 6.33 Å². The van der Waals surface area contributed by atoms with Crippen LogP contribution in [-0.4, -0.2) is 23.1 Å². The van der Waals surface area contributed by atoms with E-state index in [4.69, 9.17) is 0 Å². The van der Waals surface area contributed by atoms with Crippen molar-refractivity contribution in [3.8, 4) is 0 Å². The highest BCUT2D eigenvalue weighted by molar-refractivity contribution is 5.42. The van der Waals surface area contributed by atoms with Crippen LogP contribution in [0.5, 0.6) is 0 Å². The van der Waals surface area contributed by atoms with Crippen molar-refractivity contribution in [2.45, 2.75) is 6.54 Å². The molecule has 4 nitrogen and oxygen atoms in total. The van der Waals surface area contributed by atoms with Crippen molar-refractivity contribution < 1.29 is 0 Å². The van der Waals surface area contributed by atoms with Crippen molar-refractivity contribution in [1.82, 2.24) is 15.3 Å². The third kappa shape index (κ3) is 3.40. The van der Waals surface area contributed by atoms with Gasteiger partial charge in [-0.2, -0.15) is 0 Å². The molecule has 0 aliphatic rings. The van der Waals surface area contributed by atoms with Crippen LogP contribution in [0.4, 0.5) is 5.69 Å². The van der Waals surface area contributed by atoms with E-state index in [-0.39, 0.29) is 0 Å². The maximum atomic E-state index is 3.96. The van der Waals surface area contributed by atoms with Crippen LogP contribution >= 0.6 is 0 Å². The van der Waals surface area contributed by atoms with Gasteiger partial charge in [-0.05, 0) is 12.1 Å². The molecule has 3 N–H and O–H groups in total. The Labute approximate surface area is 95.1 Å². The minimum absolute atomic E-state index is 0.830. The van der Waals surface area contributed by atoms with Crippen LogP contribution in [-0.2, 0) is 6.54 Å². The van der Waals surface area contributed by atoms with E-state index in [0.29, 0.717) is 0 Å². The Morgan fingerprint density at radius 3 is 2.75 bits per heavy atom. The highest BCUT2D eigenvalue weighted by Gasteiger charge is 1.92. The average Bonchev–Trinajstić information content (AvgIpc) is 2.83. The molecule has 0 saturated heterocycles. The van der Waals surface area contributed by atoms with E-state index in [1.54, 1.807) is 6.33 Å². The average molecular weight is 216 g/mol. The van der Waals surface area contributed by atoms with Crippen LogP contribution < -0.4 is 10.6 Å². The number of H-pyrrole nitrogens is 1. The second-order valence-electron chi connectivity index (χ2n) is 3.55. The number of imidazole rings is 1. The van der Waals surface area contributed by atoms with Crippen LogP contribution in [0.1, 0.15) is 5.69 Å². The Morgan fingerprint density at radius 2 is 2.00 bits per heavy atom. The highest BCUT2D eigenvalue weighted by Crippen LogP contribution is 2.03. The molecule has 0 amide bonds. The van der Waals surface area contributed by atoms with E-state index < -0.39 is 0 Å². The Kier molecular flexibility index (Phi) is 3.96. The first-order valence-corrected chi connectivity index (χ1v) is 5.42. The fraction of sp³-hybridized carbons (Fsp3) is 0.250. The molecule has 1 aromatic heterocycles. The van der Waals surface area contributed by atoms with Crippen molar-refractivity contribution in [2.24, 2.45) is 0 Å². The van der Waals surface area contributed by atoms with Crippen LogP contribution in [0.2, 0.25) is 0 Å². The molecular weight excluding hydrogens is 200 g/mol. The van der Waals surface area contributed by atoms with Gasteiger partial charge in [0.15, 0.2) is 0 Å².